The Morgan fingerprint density at radius 1 is 0.947 bits per heavy atom. The fraction of sp³-hybridized carbons (Fsp3) is 0.308. The van der Waals surface area contributed by atoms with E-state index >= 15 is 0 Å². The number of nitrogens with one attached hydrogen (secondary N) is 4. The molecule has 0 spiro atoms. The Morgan fingerprint density at radius 3 is 2.21 bits per heavy atom. The summed E-state index contributed by atoms with van der Waals surface area (Å²) in [5.74, 6) is -0.584. The van der Waals surface area contributed by atoms with Gasteiger partial charge in [-0.25, -0.2) is 9.59 Å². The van der Waals surface area contributed by atoms with Crippen molar-refractivity contribution in [1.29, 1.82) is 0 Å². The minimum atomic E-state index is -0.698. The van der Waals surface area contributed by atoms with Gasteiger partial charge in [0.15, 0.2) is 5.82 Å². The highest BCUT2D eigenvalue weighted by Crippen LogP contribution is 2.33. The van der Waals surface area contributed by atoms with Crippen molar-refractivity contribution in [3.8, 4) is 10.4 Å². The van der Waals surface area contributed by atoms with E-state index in [4.69, 9.17) is 10.5 Å². The molecule has 1 aliphatic rings. The van der Waals surface area contributed by atoms with Gasteiger partial charge in [0.1, 0.15) is 5.56 Å². The molecule has 12 heteroatoms. The molecule has 1 aliphatic heterocycles. The highest BCUT2D eigenvalue weighted by atomic mass is 32.1. The molecule has 2 aromatic carbocycles. The number of nitrogens with two attached hydrogens (primary N) is 1. The van der Waals surface area contributed by atoms with Crippen LogP contribution in [0.15, 0.2) is 48.5 Å². The van der Waals surface area contributed by atoms with Gasteiger partial charge < -0.3 is 26.4 Å². The summed E-state index contributed by atoms with van der Waals surface area (Å²) in [7, 11) is 0. The number of ether oxygens (including phenoxy) is 1. The van der Waals surface area contributed by atoms with E-state index in [-0.39, 0.29) is 17.4 Å². The van der Waals surface area contributed by atoms with Gasteiger partial charge in [0, 0.05) is 31.0 Å². The van der Waals surface area contributed by atoms with Crippen molar-refractivity contribution in [3.63, 3.8) is 0 Å². The van der Waals surface area contributed by atoms with E-state index in [0.717, 1.165) is 56.4 Å². The Bertz CT molecular complexity index is 1260. The summed E-state index contributed by atoms with van der Waals surface area (Å²) in [5.41, 5.74) is 8.80. The number of aromatic nitrogens is 1. The number of anilines is 3. The number of hydrogen-bond donors (Lipinski definition) is 5. The Kier molecular flexibility index (Phi) is 9.25. The van der Waals surface area contributed by atoms with E-state index in [9.17, 15) is 14.4 Å². The lowest BCUT2D eigenvalue weighted by Gasteiger charge is -2.26. The molecule has 3 aromatic rings. The van der Waals surface area contributed by atoms with Crippen LogP contribution in [-0.4, -0.2) is 66.6 Å². The van der Waals surface area contributed by atoms with E-state index in [1.165, 1.54) is 0 Å². The van der Waals surface area contributed by atoms with Crippen LogP contribution in [0.4, 0.5) is 26.8 Å². The molecule has 4 rings (SSSR count). The maximum atomic E-state index is 12.4. The van der Waals surface area contributed by atoms with Gasteiger partial charge in [-0.2, -0.15) is 4.37 Å². The summed E-state index contributed by atoms with van der Waals surface area (Å²) in [4.78, 5) is 39.7. The monoisotopic (exact) mass is 537 g/mol. The molecular weight excluding hydrogens is 506 g/mol. The van der Waals surface area contributed by atoms with Gasteiger partial charge in [-0.1, -0.05) is 29.8 Å². The van der Waals surface area contributed by atoms with Crippen LogP contribution in [-0.2, 0) is 4.74 Å². The van der Waals surface area contributed by atoms with Crippen molar-refractivity contribution < 1.29 is 19.1 Å². The van der Waals surface area contributed by atoms with Crippen molar-refractivity contribution >= 4 is 46.7 Å². The number of amides is 5. The minimum absolute atomic E-state index is 0.114. The molecule has 2 heterocycles. The number of hydrogen-bond acceptors (Lipinski definition) is 7. The van der Waals surface area contributed by atoms with Crippen LogP contribution >= 0.6 is 11.5 Å². The number of primary amides is 1. The third-order valence-electron chi connectivity index (χ3n) is 5.93. The first-order valence-electron chi connectivity index (χ1n) is 12.3. The molecule has 1 aromatic heterocycles. The van der Waals surface area contributed by atoms with Crippen molar-refractivity contribution in [2.24, 2.45) is 5.73 Å². The third-order valence-corrected chi connectivity index (χ3v) is 6.82. The van der Waals surface area contributed by atoms with E-state index in [1.807, 2.05) is 31.2 Å². The molecule has 6 N–H and O–H groups in total. The predicted molar refractivity (Wildman–Crippen MR) is 149 cm³/mol. The van der Waals surface area contributed by atoms with Crippen LogP contribution in [0, 0.1) is 6.92 Å². The second kappa shape index (κ2) is 13.0. The Balaban J connectivity index is 1.32. The standard InChI is InChI=1S/C26H31N7O4S/c1-17-3-7-19(8-4-17)29-26(36)30-20-9-5-18(6-10-20)22-21(23(27)34)24(32-38-22)31-25(35)28-11-2-12-33-13-15-37-16-14-33/h3-10H,2,11-16H2,1H3,(H2,27,34)(H2,29,30,36)(H2,28,31,32,35). The second-order valence-electron chi connectivity index (χ2n) is 8.81. The normalized spacial score (nSPS) is 13.5. The summed E-state index contributed by atoms with van der Waals surface area (Å²) < 4.78 is 9.58. The molecule has 0 radical (unpaired) electrons. The first-order valence-corrected chi connectivity index (χ1v) is 13.1. The fourth-order valence-corrected chi connectivity index (χ4v) is 4.77. The molecule has 1 saturated heterocycles. The number of carbonyl (C=O) groups is 3. The lowest BCUT2D eigenvalue weighted by Crippen LogP contribution is -2.38. The number of aryl methyl sites for hydroxylation is 1. The van der Waals surface area contributed by atoms with Gasteiger partial charge in [-0.15, -0.1) is 0 Å². The Morgan fingerprint density at radius 2 is 1.58 bits per heavy atom. The zero-order valence-electron chi connectivity index (χ0n) is 21.1. The predicted octanol–water partition coefficient (Wildman–Crippen LogP) is 3.71. The molecule has 0 unspecified atom stereocenters. The summed E-state index contributed by atoms with van der Waals surface area (Å²) in [6.45, 7) is 6.59. The average Bonchev–Trinajstić information content (AvgIpc) is 3.32. The maximum absolute atomic E-state index is 12.4. The minimum Gasteiger partial charge on any atom is -0.379 e. The zero-order valence-corrected chi connectivity index (χ0v) is 21.9. The van der Waals surface area contributed by atoms with Crippen molar-refractivity contribution in [2.75, 3.05) is 55.3 Å². The number of nitrogens with zero attached hydrogens (tertiary/aromatic N) is 2. The van der Waals surface area contributed by atoms with E-state index in [0.29, 0.717) is 28.4 Å². The average molecular weight is 538 g/mol. The second-order valence-corrected chi connectivity index (χ2v) is 9.58. The molecule has 1 fully saturated rings. The summed E-state index contributed by atoms with van der Waals surface area (Å²) in [5, 5.41) is 11.0. The Hall–Kier alpha value is -4.00. The first kappa shape index (κ1) is 27.0. The number of carbonyl (C=O) groups excluding carboxylic acids is 3. The smallest absolute Gasteiger partial charge is 0.323 e. The van der Waals surface area contributed by atoms with Gasteiger partial charge >= 0.3 is 12.1 Å². The van der Waals surface area contributed by atoms with Crippen LogP contribution in [0.2, 0.25) is 0 Å². The van der Waals surface area contributed by atoms with Crippen molar-refractivity contribution in [2.45, 2.75) is 13.3 Å². The molecule has 0 saturated carbocycles. The van der Waals surface area contributed by atoms with Gasteiger partial charge in [0.2, 0.25) is 0 Å². The first-order chi connectivity index (χ1) is 18.4. The quantitative estimate of drug-likeness (QED) is 0.263. The van der Waals surface area contributed by atoms with Crippen LogP contribution in [0.5, 0.6) is 0 Å². The third kappa shape index (κ3) is 7.51. The summed E-state index contributed by atoms with van der Waals surface area (Å²) >= 11 is 1.06. The number of rotatable bonds is 9. The SMILES string of the molecule is Cc1ccc(NC(=O)Nc2ccc(-c3snc(NC(=O)NCCCN4CCOCC4)c3C(N)=O)cc2)cc1. The molecule has 38 heavy (non-hydrogen) atoms. The number of benzene rings is 2. The van der Waals surface area contributed by atoms with Crippen molar-refractivity contribution in [3.05, 3.63) is 59.7 Å². The highest BCUT2D eigenvalue weighted by Gasteiger charge is 2.21. The highest BCUT2D eigenvalue weighted by molar-refractivity contribution is 7.10. The number of morpholine rings is 1. The molecule has 0 aliphatic carbocycles. The van der Waals surface area contributed by atoms with Gasteiger partial charge in [-0.3, -0.25) is 15.0 Å². The van der Waals surface area contributed by atoms with Crippen LogP contribution < -0.4 is 27.0 Å². The zero-order chi connectivity index (χ0) is 26.9. The number of urea groups is 2. The molecule has 11 nitrogen and oxygen atoms in total. The van der Waals surface area contributed by atoms with Gasteiger partial charge in [0.25, 0.3) is 5.91 Å². The van der Waals surface area contributed by atoms with Crippen LogP contribution in [0.3, 0.4) is 0 Å². The van der Waals surface area contributed by atoms with E-state index in [1.54, 1.807) is 24.3 Å². The molecule has 5 amide bonds. The lowest BCUT2D eigenvalue weighted by molar-refractivity contribution is 0.0375. The molecule has 0 atom stereocenters. The Labute approximate surface area is 224 Å². The largest absolute Gasteiger partial charge is 0.379 e. The summed E-state index contributed by atoms with van der Waals surface area (Å²) in [6.07, 6.45) is 0.793. The summed E-state index contributed by atoms with van der Waals surface area (Å²) in [6, 6.07) is 13.6. The van der Waals surface area contributed by atoms with Gasteiger partial charge in [-0.05, 0) is 61.3 Å². The van der Waals surface area contributed by atoms with E-state index in [2.05, 4.69) is 30.5 Å². The molecular formula is C26H31N7O4S. The van der Waals surface area contributed by atoms with Gasteiger partial charge in [0.05, 0.1) is 18.1 Å². The molecule has 200 valence electrons. The van der Waals surface area contributed by atoms with Crippen molar-refractivity contribution in [1.82, 2.24) is 14.6 Å². The molecule has 0 bridgehead atoms. The maximum Gasteiger partial charge on any atom is 0.323 e. The topological polar surface area (TPSA) is 151 Å². The lowest BCUT2D eigenvalue weighted by atomic mass is 10.1. The fourth-order valence-electron chi connectivity index (χ4n) is 3.92. The van der Waals surface area contributed by atoms with Crippen LogP contribution in [0.25, 0.3) is 10.4 Å². The van der Waals surface area contributed by atoms with Crippen LogP contribution in [0.1, 0.15) is 22.3 Å². The van der Waals surface area contributed by atoms with E-state index < -0.39 is 11.9 Å².